The smallest absolute Gasteiger partial charge is 0.115 e. The van der Waals surface area contributed by atoms with Crippen LogP contribution in [-0.4, -0.2) is 52.9 Å². The summed E-state index contributed by atoms with van der Waals surface area (Å²) in [5, 5.41) is 6.54. The van der Waals surface area contributed by atoms with Crippen molar-refractivity contribution in [1.29, 1.82) is 0 Å². The van der Waals surface area contributed by atoms with Crippen molar-refractivity contribution in [3.63, 3.8) is 0 Å². The quantitative estimate of drug-likeness (QED) is 0.157. The van der Waals surface area contributed by atoms with E-state index in [9.17, 15) is 0 Å². The van der Waals surface area contributed by atoms with Crippen molar-refractivity contribution in [2.24, 2.45) is 0 Å². The summed E-state index contributed by atoms with van der Waals surface area (Å²) >= 11 is 0. The van der Waals surface area contributed by atoms with E-state index in [1.54, 1.807) is 0 Å². The number of fused-ring (bicyclic) bond motifs is 11. The van der Waals surface area contributed by atoms with E-state index < -0.39 is 0 Å². The molecule has 9 aromatic carbocycles. The maximum absolute atomic E-state index is 6.99. The van der Waals surface area contributed by atoms with E-state index in [-0.39, 0.29) is 27.3 Å². The highest BCUT2D eigenvalue weighted by atomic mass is 15.0. The van der Waals surface area contributed by atoms with E-state index in [0.717, 1.165) is 99.0 Å². The lowest BCUT2D eigenvalue weighted by Crippen LogP contribution is -2.56. The van der Waals surface area contributed by atoms with Crippen LogP contribution < -0.4 is 27.3 Å². The van der Waals surface area contributed by atoms with E-state index in [0.29, 0.717) is 5.69 Å². The lowest BCUT2D eigenvalue weighted by molar-refractivity contribution is 1.18. The first-order valence-electron chi connectivity index (χ1n) is 20.6. The third kappa shape index (κ3) is 5.19. The SMILES string of the molecule is [B]c1c([B])c([B])c(-n2c3ccc4c5cc(-c6ccccc6)ccc5n(-c5ccccc5)c4c3c3c2ccc2c4cc(-c5ccccc5)ccc4n(-c4ccccc4)c23)c([B])c1[B]. The highest BCUT2D eigenvalue weighted by Crippen LogP contribution is 2.47. The molecule has 0 aliphatic carbocycles. The summed E-state index contributed by atoms with van der Waals surface area (Å²) < 4.78 is 6.92. The first-order valence-corrected chi connectivity index (χ1v) is 20.6. The predicted octanol–water partition coefficient (Wildman–Crippen LogP) is 8.28. The van der Waals surface area contributed by atoms with Gasteiger partial charge in [0.2, 0.25) is 0 Å². The Labute approximate surface area is 365 Å². The van der Waals surface area contributed by atoms with Crippen molar-refractivity contribution in [2.75, 3.05) is 0 Å². The van der Waals surface area contributed by atoms with Gasteiger partial charge in [0.15, 0.2) is 0 Å². The standard InChI is InChI=1S/C54H30B5N3/c55-47-48(56)50(58)54(51(59)49(47)57)62-43-27-23-37-39-29-33(31-13-5-1-6-14-31)21-25-41(39)60(35-17-9-3-10-18-35)52(37)45(43)46-44(62)28-24-38-40-30-34(32-15-7-2-8-16-32)22-26-42(40)61(53(38)46)36-19-11-4-12-20-36/h1-30H. The van der Waals surface area contributed by atoms with Crippen molar-refractivity contribution in [1.82, 2.24) is 13.7 Å². The van der Waals surface area contributed by atoms with Gasteiger partial charge < -0.3 is 13.7 Å². The monoisotopic (exact) mass is 775 g/mol. The van der Waals surface area contributed by atoms with Crippen molar-refractivity contribution >= 4 is 132 Å². The Morgan fingerprint density at radius 2 is 0.629 bits per heavy atom. The molecule has 0 saturated heterocycles. The minimum absolute atomic E-state index is 0.172. The molecule has 0 atom stereocenters. The zero-order valence-electron chi connectivity index (χ0n) is 33.5. The van der Waals surface area contributed by atoms with Crippen LogP contribution in [0.4, 0.5) is 0 Å². The highest BCUT2D eigenvalue weighted by Gasteiger charge is 2.27. The summed E-state index contributed by atoms with van der Waals surface area (Å²) in [7, 11) is 33.7. The molecule has 0 fully saturated rings. The third-order valence-corrected chi connectivity index (χ3v) is 12.7. The van der Waals surface area contributed by atoms with Gasteiger partial charge in [-0.3, -0.25) is 0 Å². The Bertz CT molecular complexity index is 3530. The summed E-state index contributed by atoms with van der Waals surface area (Å²) in [6, 6.07) is 64.5. The molecule has 3 nitrogen and oxygen atoms in total. The number of nitrogens with zero attached hydrogens (tertiary/aromatic N) is 3. The molecule has 0 spiro atoms. The molecule has 0 bridgehead atoms. The number of benzene rings is 9. The molecular weight excluding hydrogens is 745 g/mol. The molecule has 3 aromatic heterocycles. The number of para-hydroxylation sites is 2. The second kappa shape index (κ2) is 13.9. The molecule has 12 rings (SSSR count). The normalized spacial score (nSPS) is 11.9. The van der Waals surface area contributed by atoms with Gasteiger partial charge >= 0.3 is 0 Å². The van der Waals surface area contributed by atoms with E-state index in [4.69, 9.17) is 39.2 Å². The highest BCUT2D eigenvalue weighted by molar-refractivity contribution is 6.68. The molecule has 0 saturated carbocycles. The minimum Gasteiger partial charge on any atom is -0.310 e. The van der Waals surface area contributed by atoms with Gasteiger partial charge in [0.05, 0.1) is 33.1 Å². The number of aromatic nitrogens is 3. The molecule has 12 aromatic rings. The molecule has 8 heteroatoms. The number of hydrogen-bond acceptors (Lipinski definition) is 0. The molecule has 0 unspecified atom stereocenters. The van der Waals surface area contributed by atoms with Gasteiger partial charge in [0.1, 0.15) is 39.2 Å². The Kier molecular flexibility index (Phi) is 8.18. The summed E-state index contributed by atoms with van der Waals surface area (Å²) in [5.74, 6) is 0. The first-order chi connectivity index (χ1) is 30.4. The van der Waals surface area contributed by atoms with Crippen LogP contribution in [-0.2, 0) is 0 Å². The van der Waals surface area contributed by atoms with Crippen LogP contribution in [0.5, 0.6) is 0 Å². The maximum Gasteiger partial charge on any atom is 0.115 e. The average Bonchev–Trinajstić information content (AvgIpc) is 3.96. The lowest BCUT2D eigenvalue weighted by Gasteiger charge is -2.23. The van der Waals surface area contributed by atoms with Crippen LogP contribution in [0.25, 0.3) is 105 Å². The topological polar surface area (TPSA) is 14.8 Å². The Morgan fingerprint density at radius 3 is 1.03 bits per heavy atom. The van der Waals surface area contributed by atoms with Gasteiger partial charge in [-0.2, -0.15) is 0 Å². The van der Waals surface area contributed by atoms with Gasteiger partial charge in [-0.25, -0.2) is 0 Å². The summed E-state index contributed by atoms with van der Waals surface area (Å²) in [5.41, 5.74) is 14.3. The van der Waals surface area contributed by atoms with E-state index in [1.165, 1.54) is 0 Å². The molecule has 0 amide bonds. The summed E-state index contributed by atoms with van der Waals surface area (Å²) in [6.45, 7) is 0. The van der Waals surface area contributed by atoms with Crippen LogP contribution in [0.15, 0.2) is 182 Å². The van der Waals surface area contributed by atoms with Gasteiger partial charge in [0, 0.05) is 49.4 Å². The maximum atomic E-state index is 6.99. The van der Waals surface area contributed by atoms with Crippen LogP contribution in [0.2, 0.25) is 0 Å². The third-order valence-electron chi connectivity index (χ3n) is 12.7. The Hall–Kier alpha value is -7.30. The van der Waals surface area contributed by atoms with Gasteiger partial charge in [-0.1, -0.05) is 132 Å². The Balaban J connectivity index is 1.35. The second-order valence-corrected chi connectivity index (χ2v) is 16.0. The average molecular weight is 775 g/mol. The van der Waals surface area contributed by atoms with Gasteiger partial charge in [-0.15, -0.1) is 16.4 Å². The van der Waals surface area contributed by atoms with E-state index >= 15 is 0 Å². The predicted molar refractivity (Wildman–Crippen MR) is 267 cm³/mol. The van der Waals surface area contributed by atoms with Crippen molar-refractivity contribution in [3.05, 3.63) is 182 Å². The largest absolute Gasteiger partial charge is 0.310 e. The summed E-state index contributed by atoms with van der Waals surface area (Å²) in [4.78, 5) is 0. The fraction of sp³-hybridized carbons (Fsp3) is 0. The lowest BCUT2D eigenvalue weighted by atomic mass is 9.61. The molecular formula is C54H30B5N3. The van der Waals surface area contributed by atoms with Gasteiger partial charge in [-0.05, 0) is 82.9 Å². The molecule has 0 aliphatic heterocycles. The molecule has 276 valence electrons. The molecule has 10 radical (unpaired) electrons. The number of rotatable bonds is 5. The fourth-order valence-electron chi connectivity index (χ4n) is 9.82. The van der Waals surface area contributed by atoms with E-state index in [1.807, 2.05) is 0 Å². The minimum atomic E-state index is 0.172. The van der Waals surface area contributed by atoms with Gasteiger partial charge in [0.25, 0.3) is 0 Å². The van der Waals surface area contributed by atoms with Crippen LogP contribution >= 0.6 is 0 Å². The molecule has 62 heavy (non-hydrogen) atoms. The number of hydrogen-bond donors (Lipinski definition) is 0. The van der Waals surface area contributed by atoms with Crippen LogP contribution in [0.3, 0.4) is 0 Å². The van der Waals surface area contributed by atoms with Crippen molar-refractivity contribution in [2.45, 2.75) is 0 Å². The Morgan fingerprint density at radius 1 is 0.274 bits per heavy atom. The summed E-state index contributed by atoms with van der Waals surface area (Å²) in [6.07, 6.45) is 0. The van der Waals surface area contributed by atoms with Crippen LogP contribution in [0, 0.1) is 0 Å². The second-order valence-electron chi connectivity index (χ2n) is 16.0. The zero-order valence-corrected chi connectivity index (χ0v) is 33.5. The zero-order chi connectivity index (χ0) is 41.8. The first kappa shape index (κ1) is 36.5. The fourth-order valence-corrected chi connectivity index (χ4v) is 9.82. The molecule has 3 heterocycles. The van der Waals surface area contributed by atoms with E-state index in [2.05, 4.69) is 196 Å². The van der Waals surface area contributed by atoms with Crippen molar-refractivity contribution in [3.8, 4) is 39.3 Å². The van der Waals surface area contributed by atoms with Crippen molar-refractivity contribution < 1.29 is 0 Å². The molecule has 0 aliphatic rings. The molecule has 0 N–H and O–H groups in total. The van der Waals surface area contributed by atoms with Crippen LogP contribution in [0.1, 0.15) is 0 Å².